The Kier molecular flexibility index (Phi) is 5.41. The summed E-state index contributed by atoms with van der Waals surface area (Å²) in [5.41, 5.74) is 28.3. The molecule has 0 bridgehead atoms. The van der Waals surface area contributed by atoms with Crippen LogP contribution in [0.3, 0.4) is 0 Å². The van der Waals surface area contributed by atoms with Crippen molar-refractivity contribution in [3.63, 3.8) is 0 Å². The molecule has 0 amide bonds. The van der Waals surface area contributed by atoms with Crippen molar-refractivity contribution in [1.82, 2.24) is 0 Å². The molecule has 3 rings (SSSR count). The minimum absolute atomic E-state index is 0.761. The summed E-state index contributed by atoms with van der Waals surface area (Å²) in [6.45, 7) is 12.8. The number of nitrogen functional groups attached to an aromatic ring is 3. The van der Waals surface area contributed by atoms with E-state index < -0.39 is 7.92 Å². The van der Waals surface area contributed by atoms with E-state index in [1.165, 1.54) is 32.6 Å². The molecule has 0 spiro atoms. The summed E-state index contributed by atoms with van der Waals surface area (Å²) in [5.74, 6) is 0. The number of hydrogen-bond acceptors (Lipinski definition) is 3. The monoisotopic (exact) mass is 391 g/mol. The van der Waals surface area contributed by atoms with Crippen molar-refractivity contribution >= 4 is 40.9 Å². The predicted molar refractivity (Wildman–Crippen MR) is 127 cm³/mol. The second-order valence-electron chi connectivity index (χ2n) is 7.61. The molecule has 0 aliphatic rings. The quantitative estimate of drug-likeness (QED) is 0.466. The average Bonchev–Trinajstić information content (AvgIpc) is 2.67. The van der Waals surface area contributed by atoms with Crippen LogP contribution < -0.4 is 33.1 Å². The molecule has 0 unspecified atom stereocenters. The summed E-state index contributed by atoms with van der Waals surface area (Å²) in [5, 5.41) is 4.00. The summed E-state index contributed by atoms with van der Waals surface area (Å²) in [6.07, 6.45) is 0. The van der Waals surface area contributed by atoms with Gasteiger partial charge >= 0.3 is 0 Å². The predicted octanol–water partition coefficient (Wildman–Crippen LogP) is 4.04. The molecule has 4 heteroatoms. The highest BCUT2D eigenvalue weighted by Gasteiger charge is 2.24. The first-order valence-electron chi connectivity index (χ1n) is 9.52. The molecule has 0 fully saturated rings. The third-order valence-corrected chi connectivity index (χ3v) is 9.02. The zero-order valence-electron chi connectivity index (χ0n) is 17.6. The maximum Gasteiger partial charge on any atom is 0.0346 e. The Bertz CT molecular complexity index is 933. The largest absolute Gasteiger partial charge is 0.399 e. The molecule has 3 nitrogen and oxygen atoms in total. The molecule has 0 aromatic heterocycles. The fourth-order valence-electron chi connectivity index (χ4n) is 3.60. The first kappa shape index (κ1) is 20.2. The summed E-state index contributed by atoms with van der Waals surface area (Å²) in [4.78, 5) is 0. The lowest BCUT2D eigenvalue weighted by molar-refractivity contribution is 1.36. The van der Waals surface area contributed by atoms with Crippen LogP contribution in [0.15, 0.2) is 36.4 Å². The molecular formula is C24H30N3P. The molecular weight excluding hydrogens is 361 g/mol. The van der Waals surface area contributed by atoms with Crippen LogP contribution in [-0.2, 0) is 0 Å². The average molecular weight is 391 g/mol. The lowest BCUT2D eigenvalue weighted by Crippen LogP contribution is -2.27. The van der Waals surface area contributed by atoms with Crippen LogP contribution in [0.25, 0.3) is 0 Å². The molecule has 0 atom stereocenters. The number of hydrogen-bond donors (Lipinski definition) is 3. The Morgan fingerprint density at radius 2 is 0.679 bits per heavy atom. The van der Waals surface area contributed by atoms with E-state index in [4.69, 9.17) is 17.2 Å². The van der Waals surface area contributed by atoms with Crippen molar-refractivity contribution in [2.45, 2.75) is 41.5 Å². The van der Waals surface area contributed by atoms with Crippen molar-refractivity contribution in [1.29, 1.82) is 0 Å². The molecule has 0 aliphatic carbocycles. The van der Waals surface area contributed by atoms with Gasteiger partial charge in [0.25, 0.3) is 0 Å². The minimum atomic E-state index is -0.761. The molecule has 0 saturated carbocycles. The highest BCUT2D eigenvalue weighted by molar-refractivity contribution is 7.80. The van der Waals surface area contributed by atoms with E-state index in [1.807, 2.05) is 18.2 Å². The van der Waals surface area contributed by atoms with Gasteiger partial charge in [0.1, 0.15) is 0 Å². The lowest BCUT2D eigenvalue weighted by Gasteiger charge is -2.27. The van der Waals surface area contributed by atoms with Gasteiger partial charge in [0, 0.05) is 17.1 Å². The minimum Gasteiger partial charge on any atom is -0.399 e. The maximum absolute atomic E-state index is 6.19. The van der Waals surface area contributed by atoms with Gasteiger partial charge < -0.3 is 17.2 Å². The van der Waals surface area contributed by atoms with E-state index in [-0.39, 0.29) is 0 Å². The van der Waals surface area contributed by atoms with Crippen LogP contribution >= 0.6 is 7.92 Å². The van der Waals surface area contributed by atoms with Crippen LogP contribution in [0, 0.1) is 41.5 Å². The Hall–Kier alpha value is -2.51. The van der Waals surface area contributed by atoms with Gasteiger partial charge in [-0.15, -0.1) is 0 Å². The van der Waals surface area contributed by atoms with E-state index in [9.17, 15) is 0 Å². The van der Waals surface area contributed by atoms with E-state index in [1.54, 1.807) is 0 Å². The zero-order valence-corrected chi connectivity index (χ0v) is 18.5. The standard InChI is InChI=1S/C24H30N3P/c1-13-16(4)22(10-7-19(13)25)28(23-11-8-20(26)14(2)17(23)5)24-12-9-21(27)15(3)18(24)6/h7-12H,25-27H2,1-6H3. The second-order valence-corrected chi connectivity index (χ2v) is 9.72. The van der Waals surface area contributed by atoms with Crippen molar-refractivity contribution in [3.8, 4) is 0 Å². The molecule has 0 radical (unpaired) electrons. The first-order chi connectivity index (χ1) is 13.1. The Morgan fingerprint density at radius 3 is 0.929 bits per heavy atom. The van der Waals surface area contributed by atoms with Crippen molar-refractivity contribution < 1.29 is 0 Å². The molecule has 146 valence electrons. The third kappa shape index (κ3) is 3.25. The van der Waals surface area contributed by atoms with Crippen LogP contribution in [0.1, 0.15) is 33.4 Å². The van der Waals surface area contributed by atoms with Gasteiger partial charge in [-0.05, 0) is 117 Å². The van der Waals surface area contributed by atoms with E-state index >= 15 is 0 Å². The fraction of sp³-hybridized carbons (Fsp3) is 0.250. The first-order valence-corrected chi connectivity index (χ1v) is 10.9. The summed E-state index contributed by atoms with van der Waals surface area (Å²) in [6, 6.07) is 12.7. The number of nitrogens with two attached hydrogens (primary N) is 3. The highest BCUT2D eigenvalue weighted by atomic mass is 31.1. The van der Waals surface area contributed by atoms with Crippen LogP contribution in [0.4, 0.5) is 17.1 Å². The fourth-order valence-corrected chi connectivity index (χ4v) is 6.56. The molecule has 28 heavy (non-hydrogen) atoms. The molecule has 0 saturated heterocycles. The molecule has 3 aromatic carbocycles. The Balaban J connectivity index is 2.38. The zero-order chi connectivity index (χ0) is 20.7. The SMILES string of the molecule is Cc1c(N)ccc(P(c2ccc(N)c(C)c2C)c2ccc(N)c(C)c2C)c1C. The van der Waals surface area contributed by atoms with Crippen LogP contribution in [-0.4, -0.2) is 0 Å². The van der Waals surface area contributed by atoms with E-state index in [0.717, 1.165) is 33.8 Å². The maximum atomic E-state index is 6.19. The molecule has 6 N–H and O–H groups in total. The summed E-state index contributed by atoms with van der Waals surface area (Å²) < 4.78 is 0. The van der Waals surface area contributed by atoms with E-state index in [0.29, 0.717) is 0 Å². The normalized spacial score (nSPS) is 11.2. The van der Waals surface area contributed by atoms with E-state index in [2.05, 4.69) is 59.7 Å². The molecule has 0 aliphatic heterocycles. The van der Waals surface area contributed by atoms with Crippen LogP contribution in [0.5, 0.6) is 0 Å². The van der Waals surface area contributed by atoms with Gasteiger partial charge in [0.05, 0.1) is 0 Å². The lowest BCUT2D eigenvalue weighted by atomic mass is 10.1. The molecule has 3 aromatic rings. The highest BCUT2D eigenvalue weighted by Crippen LogP contribution is 2.39. The summed E-state index contributed by atoms with van der Waals surface area (Å²) >= 11 is 0. The summed E-state index contributed by atoms with van der Waals surface area (Å²) in [7, 11) is -0.761. The third-order valence-electron chi connectivity index (χ3n) is 6.12. The Morgan fingerprint density at radius 1 is 0.429 bits per heavy atom. The van der Waals surface area contributed by atoms with Gasteiger partial charge in [-0.1, -0.05) is 18.2 Å². The number of anilines is 3. The topological polar surface area (TPSA) is 78.1 Å². The smallest absolute Gasteiger partial charge is 0.0346 e. The van der Waals surface area contributed by atoms with Crippen molar-refractivity contribution in [2.24, 2.45) is 0 Å². The molecule has 0 heterocycles. The van der Waals surface area contributed by atoms with Crippen molar-refractivity contribution in [2.75, 3.05) is 17.2 Å². The number of benzene rings is 3. The second kappa shape index (κ2) is 7.48. The van der Waals surface area contributed by atoms with Crippen LogP contribution in [0.2, 0.25) is 0 Å². The van der Waals surface area contributed by atoms with Crippen molar-refractivity contribution in [3.05, 3.63) is 69.8 Å². The Labute approximate surface area is 169 Å². The van der Waals surface area contributed by atoms with Gasteiger partial charge in [0.15, 0.2) is 0 Å². The van der Waals surface area contributed by atoms with Gasteiger partial charge in [-0.3, -0.25) is 0 Å². The van der Waals surface area contributed by atoms with Gasteiger partial charge in [-0.2, -0.15) is 0 Å². The van der Waals surface area contributed by atoms with Gasteiger partial charge in [-0.25, -0.2) is 0 Å². The van der Waals surface area contributed by atoms with Gasteiger partial charge in [0.2, 0.25) is 0 Å². The number of rotatable bonds is 3.